The van der Waals surface area contributed by atoms with Gasteiger partial charge in [-0.3, -0.25) is 9.69 Å². The van der Waals surface area contributed by atoms with Gasteiger partial charge < -0.3 is 4.57 Å². The van der Waals surface area contributed by atoms with Crippen molar-refractivity contribution < 1.29 is 31.1 Å². The van der Waals surface area contributed by atoms with Gasteiger partial charge in [0, 0.05) is 18.9 Å². The molecular formula is C23H13Cl2F6N3OS. The molecule has 0 radical (unpaired) electrons. The summed E-state index contributed by atoms with van der Waals surface area (Å²) in [6.07, 6.45) is -6.34. The van der Waals surface area contributed by atoms with Gasteiger partial charge in [-0.1, -0.05) is 23.2 Å². The maximum Gasteiger partial charge on any atom is 0.417 e. The molecule has 1 aliphatic heterocycles. The van der Waals surface area contributed by atoms with E-state index in [-0.39, 0.29) is 21.4 Å². The second-order valence-corrected chi connectivity index (χ2v) is 9.34. The quantitative estimate of drug-likeness (QED) is 0.238. The van der Waals surface area contributed by atoms with Gasteiger partial charge in [0.15, 0.2) is 5.17 Å². The zero-order valence-corrected chi connectivity index (χ0v) is 20.3. The molecule has 1 fully saturated rings. The highest BCUT2D eigenvalue weighted by atomic mass is 35.5. The van der Waals surface area contributed by atoms with E-state index in [1.54, 1.807) is 29.9 Å². The molecule has 0 atom stereocenters. The number of hydrogen-bond donors (Lipinski definition) is 0. The first kappa shape index (κ1) is 26.2. The molecule has 4 rings (SSSR count). The lowest BCUT2D eigenvalue weighted by Gasteiger charge is -2.18. The van der Waals surface area contributed by atoms with Gasteiger partial charge in [0.2, 0.25) is 0 Å². The van der Waals surface area contributed by atoms with Crippen molar-refractivity contribution in [1.82, 2.24) is 4.57 Å². The topological polar surface area (TPSA) is 37.6 Å². The van der Waals surface area contributed by atoms with Crippen molar-refractivity contribution in [1.29, 1.82) is 0 Å². The number of hydrogen-bond acceptors (Lipinski definition) is 3. The van der Waals surface area contributed by atoms with Crippen molar-refractivity contribution in [3.05, 3.63) is 86.5 Å². The summed E-state index contributed by atoms with van der Waals surface area (Å²) in [5.41, 5.74) is -2.10. The molecule has 3 aromatic rings. The van der Waals surface area contributed by atoms with Gasteiger partial charge in [0.1, 0.15) is 0 Å². The van der Waals surface area contributed by atoms with Crippen LogP contribution in [0, 0.1) is 0 Å². The van der Waals surface area contributed by atoms with E-state index in [4.69, 9.17) is 23.2 Å². The number of amidine groups is 1. The first-order valence-corrected chi connectivity index (χ1v) is 11.5. The Morgan fingerprint density at radius 2 is 1.53 bits per heavy atom. The van der Waals surface area contributed by atoms with Crippen molar-refractivity contribution >= 4 is 63.5 Å². The highest BCUT2D eigenvalue weighted by Gasteiger charge is 2.39. The number of nitrogens with zero attached hydrogens (tertiary/aromatic N) is 3. The number of rotatable bonds is 3. The number of carbonyl (C=O) groups is 1. The van der Waals surface area contributed by atoms with Crippen LogP contribution in [0.3, 0.4) is 0 Å². The third-order valence-electron chi connectivity index (χ3n) is 5.06. The number of benzene rings is 2. The molecule has 2 heterocycles. The molecule has 0 bridgehead atoms. The number of aliphatic imine (C=N–C) groups is 1. The number of amides is 1. The maximum absolute atomic E-state index is 13.5. The fraction of sp³-hybridized carbons (Fsp3) is 0.130. The normalized spacial score (nSPS) is 17.0. The number of aryl methyl sites for hydroxylation is 1. The number of anilines is 1. The van der Waals surface area contributed by atoms with Crippen molar-refractivity contribution in [2.24, 2.45) is 12.0 Å². The summed E-state index contributed by atoms with van der Waals surface area (Å²) in [4.78, 5) is 18.5. The van der Waals surface area contributed by atoms with E-state index >= 15 is 0 Å². The Morgan fingerprint density at radius 3 is 2.11 bits per heavy atom. The maximum atomic E-state index is 13.5. The van der Waals surface area contributed by atoms with Crippen LogP contribution in [-0.4, -0.2) is 15.6 Å². The summed E-state index contributed by atoms with van der Waals surface area (Å²) in [7, 11) is 1.73. The fourth-order valence-electron chi connectivity index (χ4n) is 3.32. The van der Waals surface area contributed by atoms with Gasteiger partial charge in [0.05, 0.1) is 37.5 Å². The molecule has 188 valence electrons. The zero-order valence-electron chi connectivity index (χ0n) is 18.0. The Bertz CT molecular complexity index is 1410. The summed E-state index contributed by atoms with van der Waals surface area (Å²) in [6, 6.07) is 9.20. The number of carbonyl (C=O) groups excluding carboxylic acids is 1. The van der Waals surface area contributed by atoms with Gasteiger partial charge in [-0.05, 0) is 66.4 Å². The molecule has 0 unspecified atom stereocenters. The molecule has 2 aromatic carbocycles. The molecule has 0 aliphatic carbocycles. The van der Waals surface area contributed by atoms with Crippen molar-refractivity contribution in [3.8, 4) is 0 Å². The van der Waals surface area contributed by atoms with Gasteiger partial charge in [-0.15, -0.1) is 0 Å². The van der Waals surface area contributed by atoms with Crippen LogP contribution in [0.2, 0.25) is 10.0 Å². The van der Waals surface area contributed by atoms with E-state index in [0.717, 1.165) is 28.8 Å². The molecule has 0 spiro atoms. The Hall–Kier alpha value is -2.89. The number of alkyl halides is 6. The van der Waals surface area contributed by atoms with Gasteiger partial charge in [0.25, 0.3) is 5.91 Å². The molecule has 4 nitrogen and oxygen atoms in total. The first-order chi connectivity index (χ1) is 16.8. The average molecular weight is 564 g/mol. The lowest BCUT2D eigenvalue weighted by molar-refractivity contribution is -0.138. The number of aromatic nitrogens is 1. The number of thioether (sulfide) groups is 1. The van der Waals surface area contributed by atoms with Crippen LogP contribution < -0.4 is 4.90 Å². The predicted octanol–water partition coefficient (Wildman–Crippen LogP) is 8.18. The van der Waals surface area contributed by atoms with E-state index in [0.29, 0.717) is 17.8 Å². The van der Waals surface area contributed by atoms with E-state index < -0.39 is 39.4 Å². The summed E-state index contributed by atoms with van der Waals surface area (Å²) in [6.45, 7) is 0. The average Bonchev–Trinajstić information content (AvgIpc) is 3.31. The first-order valence-electron chi connectivity index (χ1n) is 9.93. The minimum Gasteiger partial charge on any atom is -0.351 e. The van der Waals surface area contributed by atoms with Crippen LogP contribution in [0.15, 0.2) is 64.6 Å². The van der Waals surface area contributed by atoms with Gasteiger partial charge in [-0.25, -0.2) is 4.99 Å². The smallest absolute Gasteiger partial charge is 0.351 e. The lowest BCUT2D eigenvalue weighted by Crippen LogP contribution is -2.29. The molecular weight excluding hydrogens is 551 g/mol. The minimum atomic E-state index is -4.81. The Balaban J connectivity index is 1.86. The number of halogens is 8. The molecule has 36 heavy (non-hydrogen) atoms. The molecule has 1 aromatic heterocycles. The summed E-state index contributed by atoms with van der Waals surface area (Å²) < 4.78 is 82.1. The standard InChI is InChI=1S/C23H13Cl2F6N3OS/c1-33-8-2-3-13(33)11-19-20(35)34(14-5-7-18(25)16(10-14)23(29,30)31)21(36-19)32-12-4-6-17(24)15(9-12)22(26,27)28/h2-11H,1H3/b19-11+,32-21?. The zero-order chi connectivity index (χ0) is 26.4. The van der Waals surface area contributed by atoms with Crippen LogP contribution >= 0.6 is 35.0 Å². The molecule has 1 saturated heterocycles. The molecule has 1 aliphatic rings. The monoisotopic (exact) mass is 563 g/mol. The van der Waals surface area contributed by atoms with Gasteiger partial charge >= 0.3 is 12.4 Å². The molecule has 0 saturated carbocycles. The van der Waals surface area contributed by atoms with Crippen LogP contribution in [0.1, 0.15) is 16.8 Å². The Morgan fingerprint density at radius 1 is 0.917 bits per heavy atom. The van der Waals surface area contributed by atoms with Crippen molar-refractivity contribution in [3.63, 3.8) is 0 Å². The van der Waals surface area contributed by atoms with E-state index in [1.807, 2.05) is 0 Å². The summed E-state index contributed by atoms with van der Waals surface area (Å²) in [5, 5.41) is -1.27. The second-order valence-electron chi connectivity index (χ2n) is 7.51. The van der Waals surface area contributed by atoms with Crippen molar-refractivity contribution in [2.75, 3.05) is 4.90 Å². The predicted molar refractivity (Wildman–Crippen MR) is 128 cm³/mol. The Kier molecular flexibility index (Phi) is 6.93. The summed E-state index contributed by atoms with van der Waals surface area (Å²) >= 11 is 12.2. The van der Waals surface area contributed by atoms with Crippen molar-refractivity contribution in [2.45, 2.75) is 12.4 Å². The van der Waals surface area contributed by atoms with E-state index in [9.17, 15) is 31.1 Å². The third-order valence-corrected chi connectivity index (χ3v) is 6.69. The van der Waals surface area contributed by atoms with Crippen LogP contribution in [0.4, 0.5) is 37.7 Å². The van der Waals surface area contributed by atoms with E-state index in [1.165, 1.54) is 18.2 Å². The second kappa shape index (κ2) is 9.53. The highest BCUT2D eigenvalue weighted by molar-refractivity contribution is 8.19. The van der Waals surface area contributed by atoms with Crippen LogP contribution in [-0.2, 0) is 24.2 Å². The fourth-order valence-corrected chi connectivity index (χ4v) is 4.75. The molecule has 13 heteroatoms. The largest absolute Gasteiger partial charge is 0.417 e. The van der Waals surface area contributed by atoms with Gasteiger partial charge in [-0.2, -0.15) is 26.3 Å². The third kappa shape index (κ3) is 5.28. The van der Waals surface area contributed by atoms with Crippen LogP contribution in [0.5, 0.6) is 0 Å². The van der Waals surface area contributed by atoms with Crippen LogP contribution in [0.25, 0.3) is 6.08 Å². The Labute approximate surface area is 214 Å². The lowest BCUT2D eigenvalue weighted by atomic mass is 10.1. The minimum absolute atomic E-state index is 0.101. The SMILES string of the molecule is Cn1cccc1/C=C1/SC(=Nc2ccc(Cl)c(C(F)(F)F)c2)N(c2ccc(Cl)c(C(F)(F)F)c2)C1=O. The highest BCUT2D eigenvalue weighted by Crippen LogP contribution is 2.42. The van der Waals surface area contributed by atoms with E-state index in [2.05, 4.69) is 4.99 Å². The molecule has 1 amide bonds. The molecule has 0 N–H and O–H groups in total. The summed E-state index contributed by atoms with van der Waals surface area (Å²) in [5.74, 6) is -0.708.